The van der Waals surface area contributed by atoms with Crippen LogP contribution in [0.1, 0.15) is 24.1 Å². The summed E-state index contributed by atoms with van der Waals surface area (Å²) in [6.45, 7) is 1.17. The van der Waals surface area contributed by atoms with E-state index in [-0.39, 0.29) is 9.92 Å². The van der Waals surface area contributed by atoms with Gasteiger partial charge in [-0.2, -0.15) is 0 Å². The maximum atomic E-state index is 13.4. The summed E-state index contributed by atoms with van der Waals surface area (Å²) >= 11 is 7.34. The van der Waals surface area contributed by atoms with Crippen molar-refractivity contribution in [2.45, 2.75) is 29.4 Å². The highest BCUT2D eigenvalue weighted by Crippen LogP contribution is 2.32. The third-order valence-electron chi connectivity index (χ3n) is 5.74. The number of hydrogen-bond acceptors (Lipinski definition) is 7. The SMILES string of the molecule is COc1ccc(Cc2csc(N3CCC(S(=O)(=O)c4ccc(F)c(Cl)c4)CC3)n2)cc1OC. The first-order chi connectivity index (χ1) is 15.8. The van der Waals surface area contributed by atoms with E-state index in [2.05, 4.69) is 4.90 Å². The van der Waals surface area contributed by atoms with Crippen LogP contribution in [0.2, 0.25) is 5.02 Å². The second-order valence-corrected chi connectivity index (χ2v) is 11.3. The molecule has 10 heteroatoms. The van der Waals surface area contributed by atoms with Gasteiger partial charge in [0.1, 0.15) is 5.82 Å². The summed E-state index contributed by atoms with van der Waals surface area (Å²) in [6, 6.07) is 9.37. The number of thiazole rings is 1. The quantitative estimate of drug-likeness (QED) is 0.417. The standard InChI is InChI=1S/C23H24ClFN2O4S2/c1-30-21-6-3-15(12-22(21)31-2)11-16-14-32-23(26-16)27-9-7-17(8-10-27)33(28,29)18-4-5-20(25)19(24)13-18/h3-6,12-14,17H,7-11H2,1-2H3. The van der Waals surface area contributed by atoms with E-state index in [1.807, 2.05) is 23.6 Å². The average Bonchev–Trinajstić information content (AvgIpc) is 3.29. The van der Waals surface area contributed by atoms with Crippen molar-refractivity contribution in [1.29, 1.82) is 0 Å². The molecule has 0 unspecified atom stereocenters. The highest BCUT2D eigenvalue weighted by molar-refractivity contribution is 7.92. The lowest BCUT2D eigenvalue weighted by molar-refractivity contribution is 0.354. The van der Waals surface area contributed by atoms with Crippen LogP contribution < -0.4 is 14.4 Å². The molecule has 1 saturated heterocycles. The van der Waals surface area contributed by atoms with Gasteiger partial charge in [0.15, 0.2) is 26.5 Å². The first-order valence-corrected chi connectivity index (χ1v) is 13.2. The summed E-state index contributed by atoms with van der Waals surface area (Å²) in [6.07, 6.45) is 1.61. The molecule has 0 N–H and O–H groups in total. The molecule has 3 aromatic rings. The molecular weight excluding hydrogens is 487 g/mol. The predicted molar refractivity (Wildman–Crippen MR) is 128 cm³/mol. The molecule has 2 heterocycles. The number of ether oxygens (including phenoxy) is 2. The van der Waals surface area contributed by atoms with E-state index in [0.29, 0.717) is 43.9 Å². The Morgan fingerprint density at radius 3 is 2.52 bits per heavy atom. The van der Waals surface area contributed by atoms with Gasteiger partial charge in [0, 0.05) is 24.9 Å². The van der Waals surface area contributed by atoms with E-state index in [1.165, 1.54) is 12.1 Å². The fourth-order valence-corrected chi connectivity index (χ4v) is 6.81. The van der Waals surface area contributed by atoms with Crippen LogP contribution in [0, 0.1) is 5.82 Å². The van der Waals surface area contributed by atoms with Crippen molar-refractivity contribution in [3.05, 3.63) is 63.9 Å². The Morgan fingerprint density at radius 1 is 1.12 bits per heavy atom. The number of benzene rings is 2. The maximum Gasteiger partial charge on any atom is 0.185 e. The molecule has 1 aliphatic rings. The molecule has 6 nitrogen and oxygen atoms in total. The van der Waals surface area contributed by atoms with E-state index >= 15 is 0 Å². The Labute approximate surface area is 201 Å². The molecule has 2 aromatic carbocycles. The molecule has 1 aromatic heterocycles. The van der Waals surface area contributed by atoms with E-state index in [4.69, 9.17) is 26.1 Å². The fourth-order valence-electron chi connectivity index (χ4n) is 3.93. The second-order valence-electron chi connectivity index (χ2n) is 7.79. The number of anilines is 1. The normalized spacial score (nSPS) is 15.0. The fraction of sp³-hybridized carbons (Fsp3) is 0.348. The monoisotopic (exact) mass is 510 g/mol. The molecule has 0 spiro atoms. The van der Waals surface area contributed by atoms with Gasteiger partial charge in [-0.1, -0.05) is 17.7 Å². The van der Waals surface area contributed by atoms with Crippen molar-refractivity contribution >= 4 is 37.9 Å². The lowest BCUT2D eigenvalue weighted by Crippen LogP contribution is -2.39. The number of nitrogens with zero attached hydrogens (tertiary/aromatic N) is 2. The molecule has 0 amide bonds. The molecule has 0 atom stereocenters. The molecule has 33 heavy (non-hydrogen) atoms. The predicted octanol–water partition coefficient (Wildman–Crippen LogP) is 4.99. The van der Waals surface area contributed by atoms with Gasteiger partial charge in [-0.05, 0) is 48.7 Å². The summed E-state index contributed by atoms with van der Waals surface area (Å²) in [5, 5.41) is 2.20. The van der Waals surface area contributed by atoms with E-state index in [0.717, 1.165) is 22.5 Å². The van der Waals surface area contributed by atoms with Crippen LogP contribution >= 0.6 is 22.9 Å². The maximum absolute atomic E-state index is 13.4. The van der Waals surface area contributed by atoms with Crippen molar-refractivity contribution in [1.82, 2.24) is 4.98 Å². The Hall–Kier alpha value is -2.36. The highest BCUT2D eigenvalue weighted by atomic mass is 35.5. The zero-order valence-electron chi connectivity index (χ0n) is 18.3. The van der Waals surface area contributed by atoms with Crippen molar-refractivity contribution in [3.63, 3.8) is 0 Å². The average molecular weight is 511 g/mol. The van der Waals surface area contributed by atoms with Crippen LogP contribution in [0.15, 0.2) is 46.7 Å². The molecule has 0 radical (unpaired) electrons. The van der Waals surface area contributed by atoms with Crippen molar-refractivity contribution < 1.29 is 22.3 Å². The Balaban J connectivity index is 1.40. The zero-order chi connectivity index (χ0) is 23.6. The van der Waals surface area contributed by atoms with Gasteiger partial charge in [0.05, 0.1) is 35.1 Å². The summed E-state index contributed by atoms with van der Waals surface area (Å²) in [7, 11) is -0.359. The van der Waals surface area contributed by atoms with Crippen molar-refractivity contribution in [3.8, 4) is 11.5 Å². The van der Waals surface area contributed by atoms with Gasteiger partial charge in [0.2, 0.25) is 0 Å². The van der Waals surface area contributed by atoms with Crippen LogP contribution in [0.25, 0.3) is 0 Å². The van der Waals surface area contributed by atoms with Gasteiger partial charge in [-0.25, -0.2) is 17.8 Å². The molecule has 1 fully saturated rings. The molecular formula is C23H24ClFN2O4S2. The molecule has 0 saturated carbocycles. The Morgan fingerprint density at radius 2 is 1.85 bits per heavy atom. The summed E-state index contributed by atoms with van der Waals surface area (Å²) in [5.41, 5.74) is 2.00. The van der Waals surface area contributed by atoms with Crippen LogP contribution in [-0.2, 0) is 16.3 Å². The minimum atomic E-state index is -3.57. The van der Waals surface area contributed by atoms with Gasteiger partial charge < -0.3 is 14.4 Å². The van der Waals surface area contributed by atoms with Crippen molar-refractivity contribution in [2.75, 3.05) is 32.2 Å². The molecule has 1 aliphatic heterocycles. The number of aromatic nitrogens is 1. The number of hydrogen-bond donors (Lipinski definition) is 0. The first-order valence-electron chi connectivity index (χ1n) is 10.4. The largest absolute Gasteiger partial charge is 0.493 e. The van der Waals surface area contributed by atoms with Gasteiger partial charge in [-0.15, -0.1) is 11.3 Å². The lowest BCUT2D eigenvalue weighted by Gasteiger charge is -2.31. The number of piperidine rings is 1. The topological polar surface area (TPSA) is 68.7 Å². The third-order valence-corrected chi connectivity index (χ3v) is 9.24. The number of rotatable bonds is 7. The molecule has 0 bridgehead atoms. The summed E-state index contributed by atoms with van der Waals surface area (Å²) in [4.78, 5) is 6.94. The van der Waals surface area contributed by atoms with Gasteiger partial charge in [0.25, 0.3) is 0 Å². The first kappa shape index (κ1) is 23.8. The van der Waals surface area contributed by atoms with Gasteiger partial charge in [-0.3, -0.25) is 0 Å². The Kier molecular flexibility index (Phi) is 7.11. The van der Waals surface area contributed by atoms with Crippen LogP contribution in [0.4, 0.5) is 9.52 Å². The number of sulfone groups is 1. The van der Waals surface area contributed by atoms with Gasteiger partial charge >= 0.3 is 0 Å². The van der Waals surface area contributed by atoms with Crippen molar-refractivity contribution in [2.24, 2.45) is 0 Å². The third kappa shape index (κ3) is 5.10. The number of halogens is 2. The molecule has 4 rings (SSSR count). The Bertz CT molecular complexity index is 1240. The van der Waals surface area contributed by atoms with E-state index in [9.17, 15) is 12.8 Å². The lowest BCUT2D eigenvalue weighted by atomic mass is 10.1. The van der Waals surface area contributed by atoms with E-state index < -0.39 is 20.9 Å². The van der Waals surface area contributed by atoms with E-state index in [1.54, 1.807) is 25.6 Å². The highest BCUT2D eigenvalue weighted by Gasteiger charge is 2.32. The molecule has 176 valence electrons. The minimum Gasteiger partial charge on any atom is -0.493 e. The summed E-state index contributed by atoms with van der Waals surface area (Å²) in [5.74, 6) is 0.732. The summed E-state index contributed by atoms with van der Waals surface area (Å²) < 4.78 is 50.0. The smallest absolute Gasteiger partial charge is 0.185 e. The van der Waals surface area contributed by atoms with Crippen LogP contribution in [0.5, 0.6) is 11.5 Å². The van der Waals surface area contributed by atoms with Crippen LogP contribution in [-0.4, -0.2) is 46.0 Å². The number of methoxy groups -OCH3 is 2. The van der Waals surface area contributed by atoms with Crippen LogP contribution in [0.3, 0.4) is 0 Å². The molecule has 0 aliphatic carbocycles. The minimum absolute atomic E-state index is 0.0683. The second kappa shape index (κ2) is 9.87. The zero-order valence-corrected chi connectivity index (χ0v) is 20.6.